The van der Waals surface area contributed by atoms with E-state index in [9.17, 15) is 29.2 Å². The smallest absolute Gasteiger partial charge is 0.262 e. The Balaban J connectivity index is 0.761. The molecule has 5 amide bonds. The van der Waals surface area contributed by atoms with Crippen molar-refractivity contribution in [3.8, 4) is 17.6 Å². The molecule has 15 nitrogen and oxygen atoms in total. The zero-order chi connectivity index (χ0) is 41.3. The van der Waals surface area contributed by atoms with Crippen LogP contribution in [0.1, 0.15) is 101 Å². The van der Waals surface area contributed by atoms with Gasteiger partial charge in [-0.15, -0.1) is 0 Å². The number of nitrogens with zero attached hydrogens (tertiary/aromatic N) is 5. The van der Waals surface area contributed by atoms with Crippen molar-refractivity contribution >= 4 is 35.5 Å². The molecule has 302 valence electrons. The molecule has 4 fully saturated rings. The molecule has 15 heteroatoms. The molecule has 3 aliphatic heterocycles. The lowest BCUT2D eigenvalue weighted by molar-refractivity contribution is -0.164. The summed E-state index contributed by atoms with van der Waals surface area (Å²) in [5.41, 5.74) is 2.52. The number of amides is 5. The molecule has 2 saturated carbocycles. The second-order valence-electron chi connectivity index (χ2n) is 17.6. The summed E-state index contributed by atoms with van der Waals surface area (Å²) in [7, 11) is 0. The lowest BCUT2D eigenvalue weighted by Crippen LogP contribution is -2.74. The Hall–Kier alpha value is -5.88. The van der Waals surface area contributed by atoms with E-state index in [1.807, 2.05) is 26.0 Å². The van der Waals surface area contributed by atoms with E-state index in [1.165, 1.54) is 0 Å². The van der Waals surface area contributed by atoms with Crippen molar-refractivity contribution in [3.05, 3.63) is 76.1 Å². The zero-order valence-electron chi connectivity index (χ0n) is 33.5. The molecule has 1 aromatic heterocycles. The number of anilines is 1. The Bertz CT molecular complexity index is 2220. The van der Waals surface area contributed by atoms with E-state index in [2.05, 4.69) is 64.6 Å². The van der Waals surface area contributed by atoms with Crippen LogP contribution in [-0.4, -0.2) is 94.4 Å². The number of ether oxygens (including phenoxy) is 2. The number of hydrogen-bond acceptors (Lipinski definition) is 12. The van der Waals surface area contributed by atoms with E-state index < -0.39 is 29.7 Å². The molecule has 0 spiro atoms. The van der Waals surface area contributed by atoms with Gasteiger partial charge in [-0.3, -0.25) is 34.2 Å². The molecule has 5 aliphatic rings. The maximum atomic E-state index is 13.4. The van der Waals surface area contributed by atoms with Crippen LogP contribution in [0.5, 0.6) is 11.5 Å². The molecule has 2 saturated heterocycles. The van der Waals surface area contributed by atoms with Gasteiger partial charge in [-0.1, -0.05) is 27.7 Å². The van der Waals surface area contributed by atoms with Gasteiger partial charge in [0.15, 0.2) is 0 Å². The van der Waals surface area contributed by atoms with Gasteiger partial charge in [-0.25, -0.2) is 9.97 Å². The summed E-state index contributed by atoms with van der Waals surface area (Å²) < 4.78 is 12.6. The van der Waals surface area contributed by atoms with Crippen LogP contribution >= 0.6 is 0 Å². The molecule has 58 heavy (non-hydrogen) atoms. The highest BCUT2D eigenvalue weighted by atomic mass is 16.5. The minimum atomic E-state index is -1.01. The summed E-state index contributed by atoms with van der Waals surface area (Å²) >= 11 is 0. The van der Waals surface area contributed by atoms with E-state index in [0.717, 1.165) is 54.3 Å². The molecule has 2 aromatic carbocycles. The quantitative estimate of drug-likeness (QED) is 0.239. The van der Waals surface area contributed by atoms with Gasteiger partial charge in [0.05, 0.1) is 28.3 Å². The van der Waals surface area contributed by atoms with Crippen LogP contribution in [0, 0.1) is 41.9 Å². The Morgan fingerprint density at radius 3 is 2.22 bits per heavy atom. The van der Waals surface area contributed by atoms with Crippen molar-refractivity contribution in [2.75, 3.05) is 24.5 Å². The lowest BCUT2D eigenvalue weighted by atomic mass is 9.49. The first-order valence-electron chi connectivity index (χ1n) is 19.9. The molecular formula is C43H48N8O7. The third kappa shape index (κ3) is 6.82. The minimum absolute atomic E-state index is 0.0326. The second-order valence-corrected chi connectivity index (χ2v) is 17.6. The summed E-state index contributed by atoms with van der Waals surface area (Å²) in [6, 6.07) is 9.99. The highest BCUT2D eigenvalue weighted by Gasteiger charge is 2.64. The van der Waals surface area contributed by atoms with Crippen LogP contribution in [0.2, 0.25) is 0 Å². The summed E-state index contributed by atoms with van der Waals surface area (Å²) in [6.45, 7) is 14.6. The maximum Gasteiger partial charge on any atom is 0.262 e. The number of hydrogen-bond donors (Lipinski definition) is 3. The largest absolute Gasteiger partial charge is 0.490 e. The first-order chi connectivity index (χ1) is 27.5. The molecule has 2 aliphatic carbocycles. The number of nitriles is 1. The van der Waals surface area contributed by atoms with Crippen molar-refractivity contribution < 1.29 is 33.4 Å². The molecule has 4 heterocycles. The van der Waals surface area contributed by atoms with Crippen LogP contribution in [0.3, 0.4) is 0 Å². The Labute approximate surface area is 336 Å². The number of carbonyl (C=O) groups excluding carboxylic acids is 5. The average molecular weight is 789 g/mol. The Morgan fingerprint density at radius 1 is 0.931 bits per heavy atom. The highest BCUT2D eigenvalue weighted by molar-refractivity contribution is 6.23. The van der Waals surface area contributed by atoms with Gasteiger partial charge in [0, 0.05) is 67.3 Å². The standard InChI is InChI=1S/C43H48N8O7/c1-22-11-28(12-23(2)32(22)16-44)58-40-42(3,4)39(43(40,5)6)49-35(53)25-18-46-41(47-19-25)50-20-24(21-50)17-45-26-13-29(14-26)57-27-7-8-30-31(15-27)38(56)51(37(30)55)33-9-10-34(52)48-36(33)54/h7-8,11-12,15,18-19,24,26,29,33,39-40,45H,9-10,13-14,17,20-21H2,1-6H3,(H,49,53)(H,48,52,54)/t26?,29?,33-,39?,40?/m1/s1. The number of imide groups is 2. The van der Waals surface area contributed by atoms with E-state index in [-0.39, 0.29) is 59.0 Å². The Morgan fingerprint density at radius 2 is 1.59 bits per heavy atom. The van der Waals surface area contributed by atoms with Crippen LogP contribution < -0.4 is 30.3 Å². The van der Waals surface area contributed by atoms with Crippen molar-refractivity contribution in [1.29, 1.82) is 5.26 Å². The molecule has 8 rings (SSSR count). The third-order valence-corrected chi connectivity index (χ3v) is 12.6. The predicted molar refractivity (Wildman–Crippen MR) is 210 cm³/mol. The fourth-order valence-electron chi connectivity index (χ4n) is 9.66. The first kappa shape index (κ1) is 39.0. The van der Waals surface area contributed by atoms with Crippen LogP contribution in [0.15, 0.2) is 42.7 Å². The number of benzene rings is 2. The predicted octanol–water partition coefficient (Wildman–Crippen LogP) is 3.61. The minimum Gasteiger partial charge on any atom is -0.490 e. The zero-order valence-corrected chi connectivity index (χ0v) is 33.5. The van der Waals surface area contributed by atoms with Gasteiger partial charge in [0.2, 0.25) is 17.8 Å². The van der Waals surface area contributed by atoms with Gasteiger partial charge < -0.3 is 25.0 Å². The first-order valence-corrected chi connectivity index (χ1v) is 19.9. The summed E-state index contributed by atoms with van der Waals surface area (Å²) in [5.74, 6) is -0.153. The number of aryl methyl sites for hydroxylation is 2. The van der Waals surface area contributed by atoms with Gasteiger partial charge in [-0.05, 0) is 74.6 Å². The summed E-state index contributed by atoms with van der Waals surface area (Å²) in [5, 5.41) is 18.5. The van der Waals surface area contributed by atoms with Crippen molar-refractivity contribution in [2.24, 2.45) is 16.7 Å². The molecule has 0 unspecified atom stereocenters. The van der Waals surface area contributed by atoms with E-state index >= 15 is 0 Å². The molecule has 0 radical (unpaired) electrons. The lowest BCUT2D eigenvalue weighted by Gasteiger charge is -2.63. The topological polar surface area (TPSA) is 196 Å². The second kappa shape index (κ2) is 14.5. The van der Waals surface area contributed by atoms with Gasteiger partial charge in [-0.2, -0.15) is 5.26 Å². The molecule has 1 atom stereocenters. The Kier molecular flexibility index (Phi) is 9.74. The van der Waals surface area contributed by atoms with Crippen LogP contribution in [0.4, 0.5) is 5.95 Å². The number of piperidine rings is 1. The molecule has 3 aromatic rings. The highest BCUT2D eigenvalue weighted by Crippen LogP contribution is 2.55. The van der Waals surface area contributed by atoms with Crippen molar-refractivity contribution in [2.45, 2.75) is 97.6 Å². The summed E-state index contributed by atoms with van der Waals surface area (Å²) in [4.78, 5) is 75.5. The normalized spacial score (nSPS) is 25.8. The SMILES string of the molecule is Cc1cc(OC2C(C)(C)C(NC(=O)c3cnc(N4CC(CNC5CC(Oc6ccc7c(c6)C(=O)N([C@@H]6CCC(=O)NC6=O)C7=O)C5)C4)nc3)C2(C)C)cc(C)c1C#N. The fraction of sp³-hybridized carbons (Fsp3) is 0.488. The molecule has 3 N–H and O–H groups in total. The van der Waals surface area contributed by atoms with Crippen LogP contribution in [-0.2, 0) is 9.59 Å². The number of nitrogens with one attached hydrogen (secondary N) is 3. The van der Waals surface area contributed by atoms with E-state index in [0.29, 0.717) is 34.8 Å². The number of rotatable bonds is 11. The fourth-order valence-corrected chi connectivity index (χ4v) is 9.66. The van der Waals surface area contributed by atoms with E-state index in [1.54, 1.807) is 30.6 Å². The molecule has 0 bridgehead atoms. The van der Waals surface area contributed by atoms with Crippen molar-refractivity contribution in [3.63, 3.8) is 0 Å². The van der Waals surface area contributed by atoms with Crippen LogP contribution in [0.25, 0.3) is 0 Å². The summed E-state index contributed by atoms with van der Waals surface area (Å²) in [6.07, 6.45) is 4.74. The number of aromatic nitrogens is 2. The number of fused-ring (bicyclic) bond motifs is 1. The number of carbonyl (C=O) groups is 5. The van der Waals surface area contributed by atoms with Crippen molar-refractivity contribution in [1.82, 2.24) is 30.8 Å². The molecular weight excluding hydrogens is 741 g/mol. The average Bonchev–Trinajstić information content (AvgIpc) is 3.38. The maximum absolute atomic E-state index is 13.4. The van der Waals surface area contributed by atoms with Gasteiger partial charge in [0.1, 0.15) is 29.7 Å². The van der Waals surface area contributed by atoms with Gasteiger partial charge >= 0.3 is 0 Å². The van der Waals surface area contributed by atoms with E-state index in [4.69, 9.17) is 9.47 Å². The van der Waals surface area contributed by atoms with Gasteiger partial charge in [0.25, 0.3) is 17.7 Å². The monoisotopic (exact) mass is 788 g/mol. The third-order valence-electron chi connectivity index (χ3n) is 12.6.